The largest absolute Gasteiger partial charge is 0.398 e. The Balaban J connectivity index is 1.70. The second kappa shape index (κ2) is 8.15. The molecule has 132 valence electrons. The minimum atomic E-state index is -0.0842. The van der Waals surface area contributed by atoms with Crippen molar-refractivity contribution in [1.29, 1.82) is 0 Å². The number of nitrogens with zero attached hydrogens (tertiary/aromatic N) is 1. The Hall–Kier alpha value is -2.36. The zero-order valence-corrected chi connectivity index (χ0v) is 14.9. The van der Waals surface area contributed by atoms with Crippen LogP contribution in [0.3, 0.4) is 0 Å². The average Bonchev–Trinajstić information content (AvgIpc) is 2.62. The topological polar surface area (TPSA) is 68.0 Å². The molecule has 3 N–H and O–H groups in total. The summed E-state index contributed by atoms with van der Waals surface area (Å²) in [6.07, 6.45) is 12.0. The second-order valence-corrected chi connectivity index (χ2v) is 6.93. The van der Waals surface area contributed by atoms with Gasteiger partial charge in [-0.25, -0.2) is 0 Å². The molecule has 1 aliphatic rings. The van der Waals surface area contributed by atoms with Gasteiger partial charge in [-0.15, -0.1) is 0 Å². The van der Waals surface area contributed by atoms with E-state index >= 15 is 0 Å². The highest BCUT2D eigenvalue weighted by atomic mass is 16.1. The number of nitrogens with two attached hydrogens (primary N) is 1. The van der Waals surface area contributed by atoms with Crippen LogP contribution in [0.4, 0.5) is 11.4 Å². The van der Waals surface area contributed by atoms with E-state index in [1.54, 1.807) is 6.08 Å². The average molecular weight is 337 g/mol. The molecule has 4 heteroatoms. The first-order valence-corrected chi connectivity index (χ1v) is 9.34. The number of pyridine rings is 1. The molecule has 0 saturated heterocycles. The number of carbonyl (C=O) groups is 1. The molecular formula is C21H27N3O. The lowest BCUT2D eigenvalue weighted by Gasteiger charge is -2.17. The number of hydrogen-bond donors (Lipinski definition) is 2. The summed E-state index contributed by atoms with van der Waals surface area (Å²) < 4.78 is 0. The van der Waals surface area contributed by atoms with Crippen molar-refractivity contribution in [2.45, 2.75) is 51.9 Å². The number of aromatic nitrogens is 1. The van der Waals surface area contributed by atoms with Crippen molar-refractivity contribution in [1.82, 2.24) is 4.98 Å². The van der Waals surface area contributed by atoms with Crippen LogP contribution in [0.25, 0.3) is 10.9 Å². The molecule has 0 atom stereocenters. The Kier molecular flexibility index (Phi) is 5.69. The molecule has 1 fully saturated rings. The predicted molar refractivity (Wildman–Crippen MR) is 104 cm³/mol. The van der Waals surface area contributed by atoms with Gasteiger partial charge >= 0.3 is 0 Å². The van der Waals surface area contributed by atoms with Crippen LogP contribution >= 0.6 is 0 Å². The zero-order valence-electron chi connectivity index (χ0n) is 14.9. The third-order valence-electron chi connectivity index (χ3n) is 4.84. The van der Waals surface area contributed by atoms with Gasteiger partial charge in [0.25, 0.3) is 0 Å². The maximum Gasteiger partial charge on any atom is 0.248 e. The molecule has 0 radical (unpaired) electrons. The maximum absolute atomic E-state index is 12.2. The number of hydrogen-bond acceptors (Lipinski definition) is 3. The molecule has 1 heterocycles. The molecule has 0 spiro atoms. The fraction of sp³-hybridized carbons (Fsp3) is 0.429. The second-order valence-electron chi connectivity index (χ2n) is 6.93. The summed E-state index contributed by atoms with van der Waals surface area (Å²) in [5, 5.41) is 3.81. The normalized spacial score (nSPS) is 15.7. The van der Waals surface area contributed by atoms with Gasteiger partial charge in [0.05, 0.1) is 5.52 Å². The highest BCUT2D eigenvalue weighted by Gasteiger charge is 2.11. The third kappa shape index (κ3) is 4.59. The molecule has 1 aromatic heterocycles. The van der Waals surface area contributed by atoms with Gasteiger partial charge < -0.3 is 11.1 Å². The lowest BCUT2D eigenvalue weighted by Crippen LogP contribution is -2.10. The minimum Gasteiger partial charge on any atom is -0.398 e. The van der Waals surface area contributed by atoms with E-state index in [9.17, 15) is 4.79 Å². The fourth-order valence-corrected chi connectivity index (χ4v) is 3.50. The SMILES string of the molecule is CCCc1cc(N)c2cc(NC(=O)/C=C/C3CCCCC3)ccc2n1. The first-order chi connectivity index (χ1) is 12.2. The molecule has 1 saturated carbocycles. The Morgan fingerprint density at radius 3 is 2.84 bits per heavy atom. The minimum absolute atomic E-state index is 0.0842. The van der Waals surface area contributed by atoms with Gasteiger partial charge in [-0.1, -0.05) is 38.7 Å². The number of amides is 1. The van der Waals surface area contributed by atoms with Gasteiger partial charge in [0.1, 0.15) is 0 Å². The third-order valence-corrected chi connectivity index (χ3v) is 4.84. The molecule has 1 aliphatic carbocycles. The van der Waals surface area contributed by atoms with Gasteiger partial charge in [-0.2, -0.15) is 0 Å². The number of nitrogens with one attached hydrogen (secondary N) is 1. The summed E-state index contributed by atoms with van der Waals surface area (Å²) in [4.78, 5) is 16.8. The van der Waals surface area contributed by atoms with Gasteiger partial charge in [0.2, 0.25) is 5.91 Å². The van der Waals surface area contributed by atoms with Crippen molar-refractivity contribution in [2.75, 3.05) is 11.1 Å². The zero-order chi connectivity index (χ0) is 17.6. The number of anilines is 2. The van der Waals surface area contributed by atoms with Crippen LogP contribution in [0.5, 0.6) is 0 Å². The standard InChI is InChI=1S/C21H27N3O/c1-2-6-16-14-19(22)18-13-17(10-11-20(18)23-16)24-21(25)12-9-15-7-4-3-5-8-15/h9-15H,2-8H2,1H3,(H2,22,23)(H,24,25)/b12-9+. The summed E-state index contributed by atoms with van der Waals surface area (Å²) in [6.45, 7) is 2.13. The molecule has 25 heavy (non-hydrogen) atoms. The van der Waals surface area contributed by atoms with Crippen molar-refractivity contribution in [3.63, 3.8) is 0 Å². The quantitative estimate of drug-likeness (QED) is 0.767. The molecule has 0 unspecified atom stereocenters. The van der Waals surface area contributed by atoms with Crippen LogP contribution in [0, 0.1) is 5.92 Å². The van der Waals surface area contributed by atoms with Crippen molar-refractivity contribution in [3.8, 4) is 0 Å². The highest BCUT2D eigenvalue weighted by molar-refractivity contribution is 6.01. The van der Waals surface area contributed by atoms with E-state index in [1.165, 1.54) is 32.1 Å². The maximum atomic E-state index is 12.2. The number of aryl methyl sites for hydroxylation is 1. The summed E-state index contributed by atoms with van der Waals surface area (Å²) in [5.74, 6) is 0.465. The number of carbonyl (C=O) groups excluding carboxylic acids is 1. The van der Waals surface area contributed by atoms with Crippen molar-refractivity contribution in [3.05, 3.63) is 42.1 Å². The van der Waals surface area contributed by atoms with Crippen molar-refractivity contribution < 1.29 is 4.79 Å². The number of rotatable bonds is 5. The van der Waals surface area contributed by atoms with Crippen LogP contribution in [-0.4, -0.2) is 10.9 Å². The van der Waals surface area contributed by atoms with E-state index in [0.29, 0.717) is 11.6 Å². The fourth-order valence-electron chi connectivity index (χ4n) is 3.50. The smallest absolute Gasteiger partial charge is 0.248 e. The summed E-state index contributed by atoms with van der Waals surface area (Å²) in [7, 11) is 0. The van der Waals surface area contributed by atoms with Crippen LogP contribution in [0.1, 0.15) is 51.1 Å². The highest BCUT2D eigenvalue weighted by Crippen LogP contribution is 2.26. The molecule has 0 bridgehead atoms. The number of nitrogen functional groups attached to an aromatic ring is 1. The summed E-state index contributed by atoms with van der Waals surface area (Å²) in [6, 6.07) is 7.64. The van der Waals surface area contributed by atoms with Gasteiger partial charge in [-0.3, -0.25) is 9.78 Å². The lowest BCUT2D eigenvalue weighted by atomic mass is 9.89. The Labute approximate surface area is 149 Å². The molecule has 1 amide bonds. The Bertz CT molecular complexity index is 776. The monoisotopic (exact) mass is 337 g/mol. The predicted octanol–water partition coefficient (Wildman–Crippen LogP) is 4.84. The molecule has 1 aromatic carbocycles. The Morgan fingerprint density at radius 1 is 1.28 bits per heavy atom. The molecule has 3 rings (SSSR count). The van der Waals surface area contributed by atoms with Gasteiger partial charge in [0, 0.05) is 22.5 Å². The first kappa shape index (κ1) is 17.5. The summed E-state index contributed by atoms with van der Waals surface area (Å²) in [5.41, 5.74) is 9.53. The van der Waals surface area contributed by atoms with E-state index in [0.717, 1.165) is 35.1 Å². The van der Waals surface area contributed by atoms with E-state index in [-0.39, 0.29) is 5.91 Å². The summed E-state index contributed by atoms with van der Waals surface area (Å²) >= 11 is 0. The van der Waals surface area contributed by atoms with E-state index < -0.39 is 0 Å². The van der Waals surface area contributed by atoms with Crippen molar-refractivity contribution in [2.24, 2.45) is 5.92 Å². The number of fused-ring (bicyclic) bond motifs is 1. The van der Waals surface area contributed by atoms with Crippen LogP contribution in [0.2, 0.25) is 0 Å². The van der Waals surface area contributed by atoms with E-state index in [4.69, 9.17) is 5.73 Å². The first-order valence-electron chi connectivity index (χ1n) is 9.34. The molecular weight excluding hydrogens is 310 g/mol. The van der Waals surface area contributed by atoms with Crippen molar-refractivity contribution >= 4 is 28.2 Å². The van der Waals surface area contributed by atoms with Crippen LogP contribution < -0.4 is 11.1 Å². The molecule has 4 nitrogen and oxygen atoms in total. The number of benzene rings is 1. The molecule has 0 aliphatic heterocycles. The van der Waals surface area contributed by atoms with Gasteiger partial charge in [-0.05, 0) is 55.5 Å². The number of allylic oxidation sites excluding steroid dienone is 1. The van der Waals surface area contributed by atoms with Gasteiger partial charge in [0.15, 0.2) is 0 Å². The molecule has 2 aromatic rings. The van der Waals surface area contributed by atoms with E-state index in [2.05, 4.69) is 23.3 Å². The lowest BCUT2D eigenvalue weighted by molar-refractivity contribution is -0.111. The van der Waals surface area contributed by atoms with Crippen LogP contribution in [-0.2, 0) is 11.2 Å². The van der Waals surface area contributed by atoms with E-state index in [1.807, 2.05) is 24.3 Å². The Morgan fingerprint density at radius 2 is 2.08 bits per heavy atom. The van der Waals surface area contributed by atoms with Crippen LogP contribution in [0.15, 0.2) is 36.4 Å².